The van der Waals surface area contributed by atoms with Crippen LogP contribution in [0.1, 0.15) is 22.8 Å². The van der Waals surface area contributed by atoms with E-state index in [-0.39, 0.29) is 17.2 Å². The number of benzene rings is 2. The van der Waals surface area contributed by atoms with Gasteiger partial charge >= 0.3 is 0 Å². The minimum Gasteiger partial charge on any atom is -0.476 e. The highest BCUT2D eigenvalue weighted by molar-refractivity contribution is 5.96. The Morgan fingerprint density at radius 2 is 2.06 bits per heavy atom. The first kappa shape index (κ1) is 24.6. The van der Waals surface area contributed by atoms with Crippen LogP contribution in [-0.4, -0.2) is 40.0 Å². The molecule has 184 valence electrons. The van der Waals surface area contributed by atoms with E-state index >= 15 is 0 Å². The minimum atomic E-state index is -1.19. The molecule has 2 aromatic heterocycles. The predicted molar refractivity (Wildman–Crippen MR) is 130 cm³/mol. The minimum absolute atomic E-state index is 0.0254. The number of ether oxygens (including phenoxy) is 1. The number of rotatable bonds is 9. The van der Waals surface area contributed by atoms with E-state index in [1.807, 2.05) is 13.0 Å². The third kappa shape index (κ3) is 4.80. The van der Waals surface area contributed by atoms with Gasteiger partial charge < -0.3 is 21.1 Å². The van der Waals surface area contributed by atoms with Gasteiger partial charge in [0.15, 0.2) is 29.6 Å². The summed E-state index contributed by atoms with van der Waals surface area (Å²) in [6.45, 7) is 2.29. The van der Waals surface area contributed by atoms with Crippen LogP contribution in [0.4, 0.5) is 20.3 Å². The van der Waals surface area contributed by atoms with Crippen molar-refractivity contribution in [2.24, 2.45) is 5.73 Å². The highest BCUT2D eigenvalue weighted by Gasteiger charge is 2.20. The van der Waals surface area contributed by atoms with E-state index in [4.69, 9.17) is 15.7 Å². The van der Waals surface area contributed by atoms with E-state index in [0.717, 1.165) is 5.56 Å². The molecule has 0 atom stereocenters. The van der Waals surface area contributed by atoms with Crippen molar-refractivity contribution in [2.45, 2.75) is 13.3 Å². The molecule has 4 rings (SSSR count). The maximum atomic E-state index is 14.8. The smallest absolute Gasteiger partial charge is 0.251 e. The SMILES string of the molecule is CCc1cc(Nc2nccn3c(-c4ccc(OCC#N)c(F)c4F)cnc23)ccc1C(=O)NCCN. The second-order valence-corrected chi connectivity index (χ2v) is 7.69. The van der Waals surface area contributed by atoms with Crippen LogP contribution in [0.15, 0.2) is 48.9 Å². The third-order valence-electron chi connectivity index (χ3n) is 5.47. The topological polar surface area (TPSA) is 130 Å². The molecule has 11 heteroatoms. The number of imidazole rings is 1. The molecule has 0 unspecified atom stereocenters. The van der Waals surface area contributed by atoms with Crippen LogP contribution in [0, 0.1) is 23.0 Å². The van der Waals surface area contributed by atoms with Gasteiger partial charge in [0.2, 0.25) is 5.82 Å². The lowest BCUT2D eigenvalue weighted by Crippen LogP contribution is -2.29. The van der Waals surface area contributed by atoms with Gasteiger partial charge in [-0.2, -0.15) is 9.65 Å². The summed E-state index contributed by atoms with van der Waals surface area (Å²) in [5.74, 6) is -2.45. The van der Waals surface area contributed by atoms with E-state index < -0.39 is 18.2 Å². The van der Waals surface area contributed by atoms with Gasteiger partial charge in [0, 0.05) is 42.3 Å². The van der Waals surface area contributed by atoms with Gasteiger partial charge in [0.05, 0.1) is 11.9 Å². The lowest BCUT2D eigenvalue weighted by Gasteiger charge is -2.13. The molecule has 0 saturated carbocycles. The number of nitriles is 1. The fraction of sp³-hybridized carbons (Fsp3) is 0.200. The Labute approximate surface area is 205 Å². The molecule has 4 aromatic rings. The summed E-state index contributed by atoms with van der Waals surface area (Å²) >= 11 is 0. The second kappa shape index (κ2) is 10.8. The highest BCUT2D eigenvalue weighted by atomic mass is 19.2. The lowest BCUT2D eigenvalue weighted by atomic mass is 10.0. The molecule has 0 saturated heterocycles. The molecule has 0 bridgehead atoms. The third-order valence-corrected chi connectivity index (χ3v) is 5.47. The molecule has 2 heterocycles. The second-order valence-electron chi connectivity index (χ2n) is 7.69. The molecule has 0 aliphatic carbocycles. The van der Waals surface area contributed by atoms with Gasteiger partial charge in [0.25, 0.3) is 5.91 Å². The van der Waals surface area contributed by atoms with Gasteiger partial charge in [-0.3, -0.25) is 9.20 Å². The van der Waals surface area contributed by atoms with Crippen molar-refractivity contribution in [3.8, 4) is 23.1 Å². The zero-order valence-electron chi connectivity index (χ0n) is 19.4. The van der Waals surface area contributed by atoms with Crippen LogP contribution in [0.3, 0.4) is 0 Å². The molecule has 0 aliphatic rings. The number of carbonyl (C=O) groups excluding carboxylic acids is 1. The molecule has 0 fully saturated rings. The van der Waals surface area contributed by atoms with Crippen LogP contribution < -0.4 is 21.1 Å². The summed E-state index contributed by atoms with van der Waals surface area (Å²) in [5.41, 5.74) is 8.21. The van der Waals surface area contributed by atoms with Gasteiger partial charge in [-0.05, 0) is 42.3 Å². The van der Waals surface area contributed by atoms with Crippen LogP contribution >= 0.6 is 0 Å². The Bertz CT molecular complexity index is 1460. The molecule has 36 heavy (non-hydrogen) atoms. The van der Waals surface area contributed by atoms with Crippen molar-refractivity contribution >= 4 is 23.1 Å². The highest BCUT2D eigenvalue weighted by Crippen LogP contribution is 2.32. The Morgan fingerprint density at radius 1 is 1.22 bits per heavy atom. The average Bonchev–Trinajstić information content (AvgIpc) is 3.33. The number of hydrogen-bond acceptors (Lipinski definition) is 7. The number of aromatic nitrogens is 3. The summed E-state index contributed by atoms with van der Waals surface area (Å²) in [6, 6.07) is 9.67. The molecule has 0 spiro atoms. The molecular weight excluding hydrogens is 468 g/mol. The first-order valence-corrected chi connectivity index (χ1v) is 11.2. The van der Waals surface area contributed by atoms with Crippen molar-refractivity contribution in [3.05, 3.63) is 71.7 Å². The van der Waals surface area contributed by atoms with Crippen LogP contribution in [0.25, 0.3) is 16.9 Å². The number of halogens is 2. The molecular formula is C25H23F2N7O2. The standard InChI is InChI=1S/C25H23F2N7O2/c1-2-15-13-16(3-4-17(15)25(35)31-9-7-28)33-23-24-32-14-19(34(24)11-10-30-23)18-5-6-20(36-12-8-29)22(27)21(18)26/h3-6,10-11,13-14H,2,7,9,12,28H2,1H3,(H,30,33)(H,31,35). The molecule has 4 N–H and O–H groups in total. The van der Waals surface area contributed by atoms with Crippen LogP contribution in [-0.2, 0) is 6.42 Å². The summed E-state index contributed by atoms with van der Waals surface area (Å²) in [6.07, 6.45) is 5.14. The normalized spacial score (nSPS) is 10.8. The van der Waals surface area contributed by atoms with Gasteiger partial charge in [-0.25, -0.2) is 14.4 Å². The largest absolute Gasteiger partial charge is 0.476 e. The Hall–Kier alpha value is -4.56. The van der Waals surface area contributed by atoms with E-state index in [1.54, 1.807) is 28.8 Å². The maximum Gasteiger partial charge on any atom is 0.251 e. The van der Waals surface area contributed by atoms with Gasteiger partial charge in [0.1, 0.15) is 6.07 Å². The predicted octanol–water partition coefficient (Wildman–Crippen LogP) is 3.57. The number of anilines is 2. The van der Waals surface area contributed by atoms with E-state index in [1.165, 1.54) is 24.5 Å². The van der Waals surface area contributed by atoms with Crippen molar-refractivity contribution < 1.29 is 18.3 Å². The number of nitrogens with zero attached hydrogens (tertiary/aromatic N) is 4. The fourth-order valence-electron chi connectivity index (χ4n) is 3.76. The lowest BCUT2D eigenvalue weighted by molar-refractivity contribution is 0.0954. The van der Waals surface area contributed by atoms with E-state index in [9.17, 15) is 13.6 Å². The summed E-state index contributed by atoms with van der Waals surface area (Å²) < 4.78 is 35.8. The first-order chi connectivity index (χ1) is 17.5. The maximum absolute atomic E-state index is 14.8. The molecule has 9 nitrogen and oxygen atoms in total. The van der Waals surface area contributed by atoms with E-state index in [0.29, 0.717) is 47.9 Å². The number of nitrogens with two attached hydrogens (primary N) is 1. The number of nitrogens with one attached hydrogen (secondary N) is 2. The van der Waals surface area contributed by atoms with E-state index in [2.05, 4.69) is 20.6 Å². The van der Waals surface area contributed by atoms with Crippen molar-refractivity contribution in [1.82, 2.24) is 19.7 Å². The average molecular weight is 492 g/mol. The zero-order chi connectivity index (χ0) is 25.7. The van der Waals surface area contributed by atoms with Crippen molar-refractivity contribution in [1.29, 1.82) is 5.26 Å². The number of hydrogen-bond donors (Lipinski definition) is 3. The fourth-order valence-corrected chi connectivity index (χ4v) is 3.76. The monoisotopic (exact) mass is 491 g/mol. The van der Waals surface area contributed by atoms with Crippen molar-refractivity contribution in [2.75, 3.05) is 25.0 Å². The quantitative estimate of drug-likeness (QED) is 0.326. The number of amides is 1. The Morgan fingerprint density at radius 3 is 2.81 bits per heavy atom. The zero-order valence-corrected chi connectivity index (χ0v) is 19.4. The molecule has 0 radical (unpaired) electrons. The summed E-state index contributed by atoms with van der Waals surface area (Å²) in [4.78, 5) is 21.1. The van der Waals surface area contributed by atoms with Gasteiger partial charge in [-0.1, -0.05) is 6.92 Å². The van der Waals surface area contributed by atoms with Crippen LogP contribution in [0.5, 0.6) is 5.75 Å². The number of aryl methyl sites for hydroxylation is 1. The number of carbonyl (C=O) groups is 1. The van der Waals surface area contributed by atoms with Gasteiger partial charge in [-0.15, -0.1) is 0 Å². The van der Waals surface area contributed by atoms with Crippen LogP contribution in [0.2, 0.25) is 0 Å². The van der Waals surface area contributed by atoms with Crippen molar-refractivity contribution in [3.63, 3.8) is 0 Å². The summed E-state index contributed by atoms with van der Waals surface area (Å²) in [5, 5.41) is 14.6. The first-order valence-electron chi connectivity index (χ1n) is 11.2. The molecule has 0 aliphatic heterocycles. The Balaban J connectivity index is 1.66. The molecule has 2 aromatic carbocycles. The number of fused-ring (bicyclic) bond motifs is 1. The summed E-state index contributed by atoms with van der Waals surface area (Å²) in [7, 11) is 0. The Kier molecular flexibility index (Phi) is 7.36. The molecule has 1 amide bonds.